The minimum absolute atomic E-state index is 0.00581. The summed E-state index contributed by atoms with van der Waals surface area (Å²) >= 11 is 0. The largest absolute Gasteiger partial charge is 0.381 e. The molecule has 0 spiro atoms. The lowest BCUT2D eigenvalue weighted by Crippen LogP contribution is -2.52. The van der Waals surface area contributed by atoms with E-state index >= 15 is 0 Å². The summed E-state index contributed by atoms with van der Waals surface area (Å²) in [5.41, 5.74) is 0.691. The highest BCUT2D eigenvalue weighted by Crippen LogP contribution is 2.37. The van der Waals surface area contributed by atoms with E-state index in [1.807, 2.05) is 0 Å². The molecule has 2 heterocycles. The van der Waals surface area contributed by atoms with Crippen molar-refractivity contribution in [3.8, 4) is 0 Å². The number of hydrogen-bond donors (Lipinski definition) is 1. The Kier molecular flexibility index (Phi) is 4.84. The lowest BCUT2D eigenvalue weighted by atomic mass is 9.79. The van der Waals surface area contributed by atoms with Gasteiger partial charge in [-0.1, -0.05) is 0 Å². The van der Waals surface area contributed by atoms with E-state index in [1.165, 1.54) is 0 Å². The highest BCUT2D eigenvalue weighted by atomic mass is 19.2. The molecule has 1 aromatic heterocycles. The normalized spacial score (nSPS) is 28.1. The maximum absolute atomic E-state index is 13.7. The van der Waals surface area contributed by atoms with Crippen LogP contribution >= 0.6 is 0 Å². The van der Waals surface area contributed by atoms with Crippen molar-refractivity contribution in [1.82, 2.24) is 14.5 Å². The Morgan fingerprint density at radius 3 is 2.37 bits per heavy atom. The van der Waals surface area contributed by atoms with Gasteiger partial charge in [-0.05, 0) is 45.4 Å². The van der Waals surface area contributed by atoms with Gasteiger partial charge in [-0.25, -0.2) is 13.6 Å². The summed E-state index contributed by atoms with van der Waals surface area (Å²) in [5.74, 6) is -1.86. The Labute approximate surface area is 157 Å². The van der Waals surface area contributed by atoms with Crippen LogP contribution in [-0.4, -0.2) is 46.3 Å². The van der Waals surface area contributed by atoms with E-state index in [4.69, 9.17) is 4.74 Å². The average molecular weight is 379 g/mol. The summed E-state index contributed by atoms with van der Waals surface area (Å²) in [6.45, 7) is 4.14. The number of benzene rings is 1. The van der Waals surface area contributed by atoms with Crippen molar-refractivity contribution in [2.24, 2.45) is 0 Å². The smallest absolute Gasteiger partial charge is 0.326 e. The van der Waals surface area contributed by atoms with Gasteiger partial charge in [0, 0.05) is 43.9 Å². The quantitative estimate of drug-likeness (QED) is 0.887. The van der Waals surface area contributed by atoms with Gasteiger partial charge in [0.05, 0.1) is 17.1 Å². The zero-order valence-corrected chi connectivity index (χ0v) is 15.9. The number of aromatic amines is 1. The van der Waals surface area contributed by atoms with Crippen LogP contribution in [0, 0.1) is 11.6 Å². The summed E-state index contributed by atoms with van der Waals surface area (Å²) in [5, 5.41) is 0. The van der Waals surface area contributed by atoms with Gasteiger partial charge in [-0.15, -0.1) is 0 Å². The second kappa shape index (κ2) is 7.02. The summed E-state index contributed by atoms with van der Waals surface area (Å²) in [7, 11) is 1.78. The van der Waals surface area contributed by atoms with Gasteiger partial charge in [0.15, 0.2) is 11.6 Å². The Bertz CT molecular complexity index is 875. The number of hydrogen-bond acceptors (Lipinski definition) is 3. The Hall–Kier alpha value is -1.73. The van der Waals surface area contributed by atoms with Gasteiger partial charge in [-0.2, -0.15) is 0 Å². The van der Waals surface area contributed by atoms with Crippen LogP contribution in [0.1, 0.15) is 51.5 Å². The van der Waals surface area contributed by atoms with Crippen LogP contribution in [0.15, 0.2) is 16.9 Å². The first kappa shape index (κ1) is 18.6. The van der Waals surface area contributed by atoms with Gasteiger partial charge in [0.1, 0.15) is 0 Å². The highest BCUT2D eigenvalue weighted by molar-refractivity contribution is 5.75. The number of nitrogens with one attached hydrogen (secondary N) is 1. The molecule has 0 amide bonds. The fourth-order valence-corrected chi connectivity index (χ4v) is 4.91. The summed E-state index contributed by atoms with van der Waals surface area (Å²) in [4.78, 5) is 17.6. The molecule has 4 rings (SSSR count). The van der Waals surface area contributed by atoms with Crippen molar-refractivity contribution < 1.29 is 13.5 Å². The molecule has 1 saturated carbocycles. The molecule has 1 aromatic carbocycles. The molecule has 2 fully saturated rings. The van der Waals surface area contributed by atoms with Crippen LogP contribution in [0.3, 0.4) is 0 Å². The van der Waals surface area contributed by atoms with Crippen molar-refractivity contribution in [3.05, 3.63) is 34.3 Å². The minimum Gasteiger partial charge on any atom is -0.381 e. The van der Waals surface area contributed by atoms with Crippen molar-refractivity contribution in [3.63, 3.8) is 0 Å². The Morgan fingerprint density at radius 2 is 1.74 bits per heavy atom. The van der Waals surface area contributed by atoms with Crippen LogP contribution in [0.5, 0.6) is 0 Å². The number of methoxy groups -OCH3 is 1. The maximum atomic E-state index is 13.7. The second-order valence-corrected chi connectivity index (χ2v) is 8.23. The molecular formula is C20H27F2N3O2. The fourth-order valence-electron chi connectivity index (χ4n) is 4.91. The molecule has 7 heteroatoms. The van der Waals surface area contributed by atoms with Crippen LogP contribution in [-0.2, 0) is 4.74 Å². The van der Waals surface area contributed by atoms with Gasteiger partial charge < -0.3 is 9.72 Å². The van der Waals surface area contributed by atoms with Gasteiger partial charge in [0.25, 0.3) is 0 Å². The third kappa shape index (κ3) is 3.31. The van der Waals surface area contributed by atoms with E-state index in [9.17, 15) is 13.6 Å². The van der Waals surface area contributed by atoms with Crippen molar-refractivity contribution in [2.45, 2.75) is 63.1 Å². The number of H-pyrrole nitrogens is 1. The van der Waals surface area contributed by atoms with Gasteiger partial charge >= 0.3 is 5.69 Å². The zero-order chi connectivity index (χ0) is 19.2. The monoisotopic (exact) mass is 379 g/mol. The molecule has 0 unspecified atom stereocenters. The third-order valence-corrected chi connectivity index (χ3v) is 6.69. The molecule has 148 valence electrons. The lowest BCUT2D eigenvalue weighted by Gasteiger charge is -2.48. The third-order valence-electron chi connectivity index (χ3n) is 6.69. The number of halogens is 2. The molecule has 1 aliphatic carbocycles. The summed E-state index contributed by atoms with van der Waals surface area (Å²) in [6, 6.07) is 2.20. The van der Waals surface area contributed by atoms with Crippen LogP contribution < -0.4 is 5.69 Å². The molecule has 2 aliphatic rings. The lowest BCUT2D eigenvalue weighted by molar-refractivity contribution is -0.0146. The van der Waals surface area contributed by atoms with E-state index in [2.05, 4.69) is 16.8 Å². The molecule has 0 bridgehead atoms. The van der Waals surface area contributed by atoms with Crippen molar-refractivity contribution >= 4 is 11.0 Å². The number of imidazole rings is 1. The van der Waals surface area contributed by atoms with Crippen molar-refractivity contribution in [2.75, 3.05) is 20.2 Å². The van der Waals surface area contributed by atoms with Crippen LogP contribution in [0.2, 0.25) is 0 Å². The standard InChI is InChI=1S/C20H27F2N3O2/c1-20(7-3-14(27-2)4-8-20)24-9-5-13(6-10-24)25-18-12-16(22)15(21)11-17(18)23-19(25)26/h11-14H,3-10H2,1-2H3,(H,23,26)/t14-,20-. The molecule has 5 nitrogen and oxygen atoms in total. The van der Waals surface area contributed by atoms with E-state index in [-0.39, 0.29) is 17.3 Å². The predicted octanol–water partition coefficient (Wildman–Crippen LogP) is 3.59. The number of likely N-dealkylation sites (tertiary alicyclic amines) is 1. The average Bonchev–Trinajstić information content (AvgIpc) is 2.97. The molecule has 1 aliphatic heterocycles. The number of rotatable bonds is 3. The molecule has 1 saturated heterocycles. The number of piperidine rings is 1. The van der Waals surface area contributed by atoms with E-state index in [0.29, 0.717) is 17.1 Å². The maximum Gasteiger partial charge on any atom is 0.326 e. The number of fused-ring (bicyclic) bond motifs is 1. The van der Waals surface area contributed by atoms with Crippen LogP contribution in [0.25, 0.3) is 11.0 Å². The number of ether oxygens (including phenoxy) is 1. The number of aromatic nitrogens is 2. The Balaban J connectivity index is 1.50. The topological polar surface area (TPSA) is 50.3 Å². The molecule has 0 radical (unpaired) electrons. The first-order valence-corrected chi connectivity index (χ1v) is 9.78. The fraction of sp³-hybridized carbons (Fsp3) is 0.650. The molecular weight excluding hydrogens is 352 g/mol. The van der Waals surface area contributed by atoms with Crippen LogP contribution in [0.4, 0.5) is 8.78 Å². The first-order valence-electron chi connectivity index (χ1n) is 9.78. The SMILES string of the molecule is CO[C@H]1CC[C@](C)(N2CCC(n3c(=O)[nH]c4cc(F)c(F)cc43)CC2)CC1. The highest BCUT2D eigenvalue weighted by Gasteiger charge is 2.38. The van der Waals surface area contributed by atoms with E-state index in [0.717, 1.165) is 63.7 Å². The number of nitrogens with zero attached hydrogens (tertiary/aromatic N) is 2. The molecule has 2 aromatic rings. The van der Waals surface area contributed by atoms with E-state index < -0.39 is 11.6 Å². The second-order valence-electron chi connectivity index (χ2n) is 8.23. The molecule has 1 N–H and O–H groups in total. The minimum atomic E-state index is -0.940. The van der Waals surface area contributed by atoms with Crippen molar-refractivity contribution in [1.29, 1.82) is 0 Å². The predicted molar refractivity (Wildman–Crippen MR) is 100.0 cm³/mol. The van der Waals surface area contributed by atoms with Gasteiger partial charge in [-0.3, -0.25) is 9.47 Å². The van der Waals surface area contributed by atoms with Gasteiger partial charge in [0.2, 0.25) is 0 Å². The molecule has 0 atom stereocenters. The zero-order valence-electron chi connectivity index (χ0n) is 15.9. The first-order chi connectivity index (χ1) is 12.9. The Morgan fingerprint density at radius 1 is 1.11 bits per heavy atom. The summed E-state index contributed by atoms with van der Waals surface area (Å²) < 4.78 is 34.3. The molecule has 27 heavy (non-hydrogen) atoms. The van der Waals surface area contributed by atoms with E-state index in [1.54, 1.807) is 11.7 Å². The summed E-state index contributed by atoms with van der Waals surface area (Å²) in [6.07, 6.45) is 6.43.